The summed E-state index contributed by atoms with van der Waals surface area (Å²) in [5.74, 6) is -0.106. The molecule has 2 rings (SSSR count). The van der Waals surface area contributed by atoms with Gasteiger partial charge in [-0.1, -0.05) is 43.6 Å². The minimum Gasteiger partial charge on any atom is -0.495 e. The molecule has 2 aromatic rings. The second-order valence-electron chi connectivity index (χ2n) is 6.30. The third-order valence-electron chi connectivity index (χ3n) is 4.36. The second-order valence-corrected chi connectivity index (χ2v) is 8.59. The van der Waals surface area contributed by atoms with Gasteiger partial charge in [0.2, 0.25) is 15.9 Å². The lowest BCUT2D eigenvalue weighted by Crippen LogP contribution is -2.47. The van der Waals surface area contributed by atoms with Gasteiger partial charge >= 0.3 is 0 Å². The molecule has 0 saturated heterocycles. The van der Waals surface area contributed by atoms with Crippen LogP contribution in [0.15, 0.2) is 42.5 Å². The molecule has 0 saturated carbocycles. The molecule has 6 nitrogen and oxygen atoms in total. The molecule has 0 heterocycles. The predicted octanol–water partition coefficient (Wildman–Crippen LogP) is 4.09. The molecule has 28 heavy (non-hydrogen) atoms. The van der Waals surface area contributed by atoms with Crippen molar-refractivity contribution in [2.45, 2.75) is 32.7 Å². The van der Waals surface area contributed by atoms with Crippen molar-refractivity contribution in [1.29, 1.82) is 0 Å². The summed E-state index contributed by atoms with van der Waals surface area (Å²) in [5, 5.41) is 3.21. The Bertz CT molecular complexity index is 947. The van der Waals surface area contributed by atoms with Crippen LogP contribution in [0.4, 0.5) is 11.4 Å². The molecule has 2 aromatic carbocycles. The number of para-hydroxylation sites is 1. The maximum absolute atomic E-state index is 13.1. The number of aryl methyl sites for hydroxylation is 1. The van der Waals surface area contributed by atoms with E-state index in [0.29, 0.717) is 16.5 Å². The van der Waals surface area contributed by atoms with E-state index >= 15 is 0 Å². The first-order valence-electron chi connectivity index (χ1n) is 8.94. The van der Waals surface area contributed by atoms with Crippen molar-refractivity contribution in [1.82, 2.24) is 0 Å². The van der Waals surface area contributed by atoms with Crippen LogP contribution in [0.1, 0.15) is 25.8 Å². The van der Waals surface area contributed by atoms with Gasteiger partial charge in [-0.3, -0.25) is 9.10 Å². The van der Waals surface area contributed by atoms with Crippen molar-refractivity contribution < 1.29 is 17.9 Å². The molecule has 0 bridgehead atoms. The van der Waals surface area contributed by atoms with E-state index in [9.17, 15) is 13.2 Å². The molecular weight excluding hydrogens is 400 g/mol. The van der Waals surface area contributed by atoms with Crippen LogP contribution in [0.3, 0.4) is 0 Å². The highest BCUT2D eigenvalue weighted by Gasteiger charge is 2.33. The summed E-state index contributed by atoms with van der Waals surface area (Å²) < 4.78 is 31.7. The molecule has 0 aliphatic heterocycles. The Balaban J connectivity index is 2.50. The minimum absolute atomic E-state index is 0.225. The van der Waals surface area contributed by atoms with E-state index in [1.807, 2.05) is 25.1 Å². The van der Waals surface area contributed by atoms with Crippen LogP contribution in [0.5, 0.6) is 5.75 Å². The van der Waals surface area contributed by atoms with Gasteiger partial charge in [-0.15, -0.1) is 0 Å². The van der Waals surface area contributed by atoms with Gasteiger partial charge in [-0.25, -0.2) is 8.42 Å². The molecular formula is C20H25ClN2O4S. The number of benzene rings is 2. The fourth-order valence-corrected chi connectivity index (χ4v) is 4.41. The molecule has 1 atom stereocenters. The number of sulfonamides is 1. The zero-order chi connectivity index (χ0) is 20.9. The third kappa shape index (κ3) is 4.97. The van der Waals surface area contributed by atoms with Crippen molar-refractivity contribution in [3.63, 3.8) is 0 Å². The molecule has 0 fully saturated rings. The fourth-order valence-electron chi connectivity index (χ4n) is 3.04. The molecule has 0 spiro atoms. The van der Waals surface area contributed by atoms with Gasteiger partial charge < -0.3 is 10.1 Å². The highest BCUT2D eigenvalue weighted by atomic mass is 35.5. The largest absolute Gasteiger partial charge is 0.495 e. The van der Waals surface area contributed by atoms with Gasteiger partial charge in [0, 0.05) is 10.7 Å². The lowest BCUT2D eigenvalue weighted by Gasteiger charge is -2.31. The zero-order valence-electron chi connectivity index (χ0n) is 16.4. The quantitative estimate of drug-likeness (QED) is 0.692. The Labute approximate surface area is 171 Å². The maximum atomic E-state index is 13.1. The molecule has 1 amide bonds. The molecule has 0 unspecified atom stereocenters. The van der Waals surface area contributed by atoms with Gasteiger partial charge in [0.25, 0.3) is 0 Å². The average Bonchev–Trinajstić information content (AvgIpc) is 2.65. The number of anilines is 2. The van der Waals surface area contributed by atoms with E-state index in [-0.39, 0.29) is 12.1 Å². The van der Waals surface area contributed by atoms with Crippen LogP contribution in [-0.4, -0.2) is 33.7 Å². The second kappa shape index (κ2) is 9.30. The van der Waals surface area contributed by atoms with Crippen molar-refractivity contribution in [3.8, 4) is 5.75 Å². The first-order chi connectivity index (χ1) is 13.2. The van der Waals surface area contributed by atoms with Crippen molar-refractivity contribution >= 4 is 38.9 Å². The lowest BCUT2D eigenvalue weighted by atomic mass is 10.1. The van der Waals surface area contributed by atoms with Crippen molar-refractivity contribution in [2.24, 2.45) is 0 Å². The molecule has 0 aromatic heterocycles. The number of carbonyl (C=O) groups is 1. The van der Waals surface area contributed by atoms with Crippen molar-refractivity contribution in [2.75, 3.05) is 23.0 Å². The topological polar surface area (TPSA) is 75.7 Å². The third-order valence-corrected chi connectivity index (χ3v) is 5.77. The summed E-state index contributed by atoms with van der Waals surface area (Å²) in [7, 11) is -2.36. The number of methoxy groups -OCH3 is 1. The standard InChI is InChI=1S/C20H25ClN2O4S/c1-5-14-9-7-8-10-16(14)22-20(24)17(6-2)23(28(4,25)26)18-13-15(21)11-12-19(18)27-3/h7-13,17H,5-6H2,1-4H3,(H,22,24)/t17-/m0/s1. The zero-order valence-corrected chi connectivity index (χ0v) is 18.0. The van der Waals surface area contributed by atoms with Crippen LogP contribution in [0.2, 0.25) is 5.02 Å². The molecule has 152 valence electrons. The molecule has 0 aliphatic rings. The first kappa shape index (κ1) is 22.0. The summed E-state index contributed by atoms with van der Waals surface area (Å²) in [4.78, 5) is 13.1. The van der Waals surface area contributed by atoms with Crippen LogP contribution >= 0.6 is 11.6 Å². The number of hydrogen-bond donors (Lipinski definition) is 1. The van der Waals surface area contributed by atoms with Crippen LogP contribution < -0.4 is 14.4 Å². The van der Waals surface area contributed by atoms with Crippen LogP contribution in [0.25, 0.3) is 0 Å². The Morgan fingerprint density at radius 2 is 1.89 bits per heavy atom. The van der Waals surface area contributed by atoms with Crippen molar-refractivity contribution in [3.05, 3.63) is 53.1 Å². The van der Waals surface area contributed by atoms with E-state index in [0.717, 1.165) is 22.5 Å². The monoisotopic (exact) mass is 424 g/mol. The van der Waals surface area contributed by atoms with Gasteiger partial charge in [-0.05, 0) is 42.7 Å². The van der Waals surface area contributed by atoms with Crippen LogP contribution in [0, 0.1) is 0 Å². The number of carbonyl (C=O) groups excluding carboxylic acids is 1. The van der Waals surface area contributed by atoms with E-state index in [1.54, 1.807) is 25.1 Å². The van der Waals surface area contributed by atoms with Gasteiger partial charge in [0.05, 0.1) is 19.1 Å². The number of halogens is 1. The molecule has 0 radical (unpaired) electrons. The average molecular weight is 425 g/mol. The molecule has 0 aliphatic carbocycles. The minimum atomic E-state index is -3.80. The summed E-state index contributed by atoms with van der Waals surface area (Å²) >= 11 is 6.09. The SMILES string of the molecule is CCc1ccccc1NC(=O)[C@H](CC)N(c1cc(Cl)ccc1OC)S(C)(=O)=O. The summed E-state index contributed by atoms with van der Waals surface area (Å²) in [5.41, 5.74) is 1.86. The number of nitrogens with zero attached hydrogens (tertiary/aromatic N) is 1. The molecule has 1 N–H and O–H groups in total. The summed E-state index contributed by atoms with van der Waals surface area (Å²) in [6.07, 6.45) is 2.07. The van der Waals surface area contributed by atoms with E-state index < -0.39 is 22.0 Å². The summed E-state index contributed by atoms with van der Waals surface area (Å²) in [6, 6.07) is 11.1. The smallest absolute Gasteiger partial charge is 0.248 e. The Morgan fingerprint density at radius 1 is 1.21 bits per heavy atom. The highest BCUT2D eigenvalue weighted by Crippen LogP contribution is 2.35. The van der Waals surface area contributed by atoms with E-state index in [2.05, 4.69) is 5.32 Å². The number of hydrogen-bond acceptors (Lipinski definition) is 4. The Kier molecular flexibility index (Phi) is 7.32. The Hall–Kier alpha value is -2.25. The molecule has 8 heteroatoms. The van der Waals surface area contributed by atoms with Crippen LogP contribution in [-0.2, 0) is 21.2 Å². The normalized spacial score (nSPS) is 12.3. The number of rotatable bonds is 8. The number of nitrogens with one attached hydrogen (secondary N) is 1. The number of amides is 1. The Morgan fingerprint density at radius 3 is 2.46 bits per heavy atom. The highest BCUT2D eigenvalue weighted by molar-refractivity contribution is 7.92. The van der Waals surface area contributed by atoms with Gasteiger partial charge in [-0.2, -0.15) is 0 Å². The number of ether oxygens (including phenoxy) is 1. The van der Waals surface area contributed by atoms with Gasteiger partial charge in [0.15, 0.2) is 0 Å². The predicted molar refractivity (Wildman–Crippen MR) is 114 cm³/mol. The summed E-state index contributed by atoms with van der Waals surface area (Å²) in [6.45, 7) is 3.74. The van der Waals surface area contributed by atoms with E-state index in [1.165, 1.54) is 13.2 Å². The van der Waals surface area contributed by atoms with E-state index in [4.69, 9.17) is 16.3 Å². The lowest BCUT2D eigenvalue weighted by molar-refractivity contribution is -0.117. The van der Waals surface area contributed by atoms with Gasteiger partial charge in [0.1, 0.15) is 11.8 Å². The fraction of sp³-hybridized carbons (Fsp3) is 0.350. The maximum Gasteiger partial charge on any atom is 0.248 e. The first-order valence-corrected chi connectivity index (χ1v) is 11.2.